The van der Waals surface area contributed by atoms with Crippen molar-refractivity contribution >= 4 is 11.6 Å². The molecule has 0 aliphatic carbocycles. The molecule has 0 aromatic heterocycles. The topological polar surface area (TPSA) is 26.0 Å². The standard InChI is InChI=1S/C12H16ClF2N/c1-11(2,3)9-5-4-8(6-10(9)13)12(14,15)7-16/h4-6H,7,16H2,1-3H3. The van der Waals surface area contributed by atoms with Crippen LogP contribution in [0.15, 0.2) is 18.2 Å². The lowest BCUT2D eigenvalue weighted by atomic mass is 9.86. The van der Waals surface area contributed by atoms with Crippen molar-refractivity contribution < 1.29 is 8.78 Å². The third-order valence-electron chi connectivity index (χ3n) is 2.46. The number of halogens is 3. The molecule has 0 saturated carbocycles. The van der Waals surface area contributed by atoms with Gasteiger partial charge in [-0.3, -0.25) is 0 Å². The molecule has 1 aromatic carbocycles. The fourth-order valence-electron chi connectivity index (χ4n) is 1.47. The van der Waals surface area contributed by atoms with E-state index in [9.17, 15) is 8.78 Å². The minimum atomic E-state index is -3.01. The molecule has 4 heteroatoms. The second kappa shape index (κ2) is 4.30. The van der Waals surface area contributed by atoms with Crippen molar-refractivity contribution in [2.24, 2.45) is 5.73 Å². The number of rotatable bonds is 2. The zero-order chi connectivity index (χ0) is 12.6. The quantitative estimate of drug-likeness (QED) is 0.848. The highest BCUT2D eigenvalue weighted by Crippen LogP contribution is 2.34. The average Bonchev–Trinajstić information content (AvgIpc) is 2.15. The van der Waals surface area contributed by atoms with E-state index in [0.717, 1.165) is 5.56 Å². The molecule has 0 atom stereocenters. The van der Waals surface area contributed by atoms with Crippen LogP contribution in [0.3, 0.4) is 0 Å². The van der Waals surface area contributed by atoms with Gasteiger partial charge in [-0.15, -0.1) is 0 Å². The zero-order valence-electron chi connectivity index (χ0n) is 9.65. The first-order valence-corrected chi connectivity index (χ1v) is 5.44. The van der Waals surface area contributed by atoms with Crippen molar-refractivity contribution in [3.05, 3.63) is 34.3 Å². The molecular formula is C12H16ClF2N. The first-order valence-electron chi connectivity index (χ1n) is 5.07. The van der Waals surface area contributed by atoms with Crippen molar-refractivity contribution in [1.29, 1.82) is 0 Å². The Kier molecular flexibility index (Phi) is 3.60. The van der Waals surface area contributed by atoms with Gasteiger partial charge in [0.15, 0.2) is 0 Å². The van der Waals surface area contributed by atoms with Crippen LogP contribution < -0.4 is 5.73 Å². The number of nitrogens with two attached hydrogens (primary N) is 1. The maximum Gasteiger partial charge on any atom is 0.285 e. The summed E-state index contributed by atoms with van der Waals surface area (Å²) >= 11 is 6.00. The second-order valence-electron chi connectivity index (χ2n) is 4.85. The zero-order valence-corrected chi connectivity index (χ0v) is 10.4. The minimum Gasteiger partial charge on any atom is -0.325 e. The summed E-state index contributed by atoms with van der Waals surface area (Å²) in [4.78, 5) is 0. The molecule has 0 saturated heterocycles. The van der Waals surface area contributed by atoms with Crippen molar-refractivity contribution in [3.63, 3.8) is 0 Å². The van der Waals surface area contributed by atoms with Crippen molar-refractivity contribution in [2.75, 3.05) is 6.54 Å². The molecule has 1 nitrogen and oxygen atoms in total. The summed E-state index contributed by atoms with van der Waals surface area (Å²) in [5.74, 6) is -3.01. The Bertz CT molecular complexity index is 383. The fourth-order valence-corrected chi connectivity index (χ4v) is 1.93. The van der Waals surface area contributed by atoms with E-state index in [1.807, 2.05) is 20.8 Å². The highest BCUT2D eigenvalue weighted by molar-refractivity contribution is 6.31. The highest BCUT2D eigenvalue weighted by Gasteiger charge is 2.30. The van der Waals surface area contributed by atoms with E-state index in [-0.39, 0.29) is 11.0 Å². The van der Waals surface area contributed by atoms with E-state index in [1.165, 1.54) is 12.1 Å². The molecule has 0 unspecified atom stereocenters. The van der Waals surface area contributed by atoms with E-state index < -0.39 is 12.5 Å². The van der Waals surface area contributed by atoms with Crippen LogP contribution in [0.2, 0.25) is 5.02 Å². The van der Waals surface area contributed by atoms with Crippen molar-refractivity contribution in [1.82, 2.24) is 0 Å². The summed E-state index contributed by atoms with van der Waals surface area (Å²) in [7, 11) is 0. The Morgan fingerprint density at radius 3 is 2.19 bits per heavy atom. The number of alkyl halides is 2. The van der Waals surface area contributed by atoms with Crippen LogP contribution in [-0.4, -0.2) is 6.54 Å². The van der Waals surface area contributed by atoms with Gasteiger partial charge in [0.1, 0.15) is 0 Å². The molecule has 1 rings (SSSR count). The molecule has 16 heavy (non-hydrogen) atoms. The predicted octanol–water partition coefficient (Wildman–Crippen LogP) is 3.69. The molecule has 1 aromatic rings. The maximum atomic E-state index is 13.3. The molecule has 0 aliphatic heterocycles. The number of hydrogen-bond donors (Lipinski definition) is 1. The van der Waals surface area contributed by atoms with Crippen LogP contribution in [0.5, 0.6) is 0 Å². The Balaban J connectivity index is 3.20. The third-order valence-corrected chi connectivity index (χ3v) is 2.77. The molecular weight excluding hydrogens is 232 g/mol. The van der Waals surface area contributed by atoms with Crippen molar-refractivity contribution in [2.45, 2.75) is 32.1 Å². The summed E-state index contributed by atoms with van der Waals surface area (Å²) in [5, 5.41) is 0.359. The van der Waals surface area contributed by atoms with E-state index in [4.69, 9.17) is 17.3 Å². The van der Waals surface area contributed by atoms with Gasteiger partial charge in [-0.05, 0) is 17.0 Å². The van der Waals surface area contributed by atoms with Gasteiger partial charge in [0.25, 0.3) is 5.92 Å². The summed E-state index contributed by atoms with van der Waals surface area (Å²) in [6, 6.07) is 4.33. The Morgan fingerprint density at radius 1 is 1.25 bits per heavy atom. The molecule has 0 bridgehead atoms. The van der Waals surface area contributed by atoms with E-state index in [0.29, 0.717) is 5.02 Å². The smallest absolute Gasteiger partial charge is 0.285 e. The Morgan fingerprint density at radius 2 is 1.81 bits per heavy atom. The van der Waals surface area contributed by atoms with Gasteiger partial charge >= 0.3 is 0 Å². The summed E-state index contributed by atoms with van der Waals surface area (Å²) in [5.41, 5.74) is 5.58. The van der Waals surface area contributed by atoms with Crippen LogP contribution >= 0.6 is 11.6 Å². The maximum absolute atomic E-state index is 13.3. The molecule has 0 amide bonds. The lowest BCUT2D eigenvalue weighted by Gasteiger charge is -2.22. The largest absolute Gasteiger partial charge is 0.325 e. The molecule has 2 N–H and O–H groups in total. The van der Waals surface area contributed by atoms with Gasteiger partial charge < -0.3 is 5.73 Å². The van der Waals surface area contributed by atoms with Crippen molar-refractivity contribution in [3.8, 4) is 0 Å². The van der Waals surface area contributed by atoms with E-state index in [2.05, 4.69) is 0 Å². The van der Waals surface area contributed by atoms with Gasteiger partial charge in [-0.25, -0.2) is 0 Å². The molecule has 0 aliphatic rings. The average molecular weight is 248 g/mol. The number of benzene rings is 1. The summed E-state index contributed by atoms with van der Waals surface area (Å²) < 4.78 is 26.6. The van der Waals surface area contributed by atoms with Gasteiger partial charge in [0.05, 0.1) is 6.54 Å². The van der Waals surface area contributed by atoms with Crippen LogP contribution in [0.25, 0.3) is 0 Å². The molecule has 0 spiro atoms. The fraction of sp³-hybridized carbons (Fsp3) is 0.500. The summed E-state index contributed by atoms with van der Waals surface area (Å²) in [6.07, 6.45) is 0. The van der Waals surface area contributed by atoms with Crippen LogP contribution in [0.4, 0.5) is 8.78 Å². The predicted molar refractivity (Wildman–Crippen MR) is 63.1 cm³/mol. The lowest BCUT2D eigenvalue weighted by Crippen LogP contribution is -2.25. The Hall–Kier alpha value is -0.670. The minimum absolute atomic E-state index is 0.131. The second-order valence-corrected chi connectivity index (χ2v) is 5.26. The van der Waals surface area contributed by atoms with Crippen LogP contribution in [-0.2, 0) is 11.3 Å². The monoisotopic (exact) mass is 247 g/mol. The molecule has 0 heterocycles. The summed E-state index contributed by atoms with van der Waals surface area (Å²) in [6.45, 7) is 5.23. The highest BCUT2D eigenvalue weighted by atomic mass is 35.5. The van der Waals surface area contributed by atoms with Gasteiger partial charge in [-0.2, -0.15) is 8.78 Å². The first kappa shape index (κ1) is 13.4. The lowest BCUT2D eigenvalue weighted by molar-refractivity contribution is 0.00592. The van der Waals surface area contributed by atoms with Gasteiger partial charge in [-0.1, -0.05) is 44.5 Å². The molecule has 90 valence electrons. The molecule has 0 fully saturated rings. The Labute approximate surface area is 99.6 Å². The van der Waals surface area contributed by atoms with E-state index in [1.54, 1.807) is 6.07 Å². The first-order chi connectivity index (χ1) is 7.18. The van der Waals surface area contributed by atoms with Crippen LogP contribution in [0.1, 0.15) is 31.9 Å². The third kappa shape index (κ3) is 2.71. The van der Waals surface area contributed by atoms with Gasteiger partial charge in [0.2, 0.25) is 0 Å². The SMILES string of the molecule is CC(C)(C)c1ccc(C(F)(F)CN)cc1Cl. The van der Waals surface area contributed by atoms with E-state index >= 15 is 0 Å². The number of hydrogen-bond acceptors (Lipinski definition) is 1. The normalized spacial score (nSPS) is 12.9. The molecule has 0 radical (unpaired) electrons. The van der Waals surface area contributed by atoms with Crippen LogP contribution in [0, 0.1) is 0 Å². The van der Waals surface area contributed by atoms with Gasteiger partial charge in [0, 0.05) is 10.6 Å².